The van der Waals surface area contributed by atoms with Crippen LogP contribution in [-0.2, 0) is 4.79 Å². The molecule has 32 heavy (non-hydrogen) atoms. The van der Waals surface area contributed by atoms with E-state index in [0.29, 0.717) is 23.2 Å². The highest BCUT2D eigenvalue weighted by Crippen LogP contribution is 2.34. The first-order chi connectivity index (χ1) is 15.6. The number of hydrogen-bond acceptors (Lipinski definition) is 5. The molecule has 1 aliphatic heterocycles. The Morgan fingerprint density at radius 3 is 2.75 bits per heavy atom. The maximum absolute atomic E-state index is 12.9. The van der Waals surface area contributed by atoms with Gasteiger partial charge in [-0.05, 0) is 43.7 Å². The molecule has 3 aromatic rings. The van der Waals surface area contributed by atoms with E-state index < -0.39 is 0 Å². The van der Waals surface area contributed by atoms with Crippen LogP contribution in [0.2, 0.25) is 0 Å². The number of benzene rings is 1. The van der Waals surface area contributed by atoms with Crippen LogP contribution in [0.15, 0.2) is 34.4 Å². The number of carbonyl (C=O) groups excluding carboxylic acids is 1. The predicted molar refractivity (Wildman–Crippen MR) is 130 cm³/mol. The molecule has 0 radical (unpaired) electrons. The summed E-state index contributed by atoms with van der Waals surface area (Å²) in [6.45, 7) is 3.47. The van der Waals surface area contributed by atoms with Crippen molar-refractivity contribution in [2.24, 2.45) is 5.92 Å². The lowest BCUT2D eigenvalue weighted by atomic mass is 9.93. The SMILES string of the molecule is Cc1ccccc1-c1csc2c(=O)[nH]c(N3CCC[C@H](C(=O)NC4CCCCC4)C3)nc12. The van der Waals surface area contributed by atoms with Gasteiger partial charge in [0.1, 0.15) is 4.70 Å². The minimum Gasteiger partial charge on any atom is -0.353 e. The summed E-state index contributed by atoms with van der Waals surface area (Å²) >= 11 is 1.44. The number of thiophene rings is 1. The van der Waals surface area contributed by atoms with E-state index in [4.69, 9.17) is 4.98 Å². The van der Waals surface area contributed by atoms with Gasteiger partial charge in [-0.15, -0.1) is 11.3 Å². The van der Waals surface area contributed by atoms with Crippen molar-refractivity contribution < 1.29 is 4.79 Å². The molecule has 1 amide bonds. The van der Waals surface area contributed by atoms with Crippen LogP contribution in [0.25, 0.3) is 21.3 Å². The molecule has 0 unspecified atom stereocenters. The van der Waals surface area contributed by atoms with Crippen molar-refractivity contribution in [3.05, 3.63) is 45.6 Å². The molecular weight excluding hydrogens is 420 g/mol. The number of piperidine rings is 1. The van der Waals surface area contributed by atoms with Crippen LogP contribution < -0.4 is 15.8 Å². The van der Waals surface area contributed by atoms with E-state index in [1.54, 1.807) is 0 Å². The third kappa shape index (κ3) is 4.18. The molecule has 0 bridgehead atoms. The Balaban J connectivity index is 1.40. The molecule has 2 fully saturated rings. The first-order valence-electron chi connectivity index (χ1n) is 11.7. The van der Waals surface area contributed by atoms with Crippen molar-refractivity contribution in [2.75, 3.05) is 18.0 Å². The lowest BCUT2D eigenvalue weighted by molar-refractivity contribution is -0.126. The largest absolute Gasteiger partial charge is 0.353 e. The zero-order valence-corrected chi connectivity index (χ0v) is 19.3. The van der Waals surface area contributed by atoms with Gasteiger partial charge in [0.25, 0.3) is 5.56 Å². The monoisotopic (exact) mass is 450 g/mol. The lowest BCUT2D eigenvalue weighted by Crippen LogP contribution is -2.47. The highest BCUT2D eigenvalue weighted by molar-refractivity contribution is 7.17. The average molecular weight is 451 g/mol. The molecular formula is C25H30N4O2S. The van der Waals surface area contributed by atoms with Gasteiger partial charge >= 0.3 is 0 Å². The fourth-order valence-corrected chi connectivity index (χ4v) is 5.98. The molecule has 1 aromatic carbocycles. The van der Waals surface area contributed by atoms with E-state index >= 15 is 0 Å². The quantitative estimate of drug-likeness (QED) is 0.608. The second kappa shape index (κ2) is 9.06. The van der Waals surface area contributed by atoms with E-state index in [1.165, 1.54) is 30.6 Å². The van der Waals surface area contributed by atoms with Gasteiger partial charge in [-0.25, -0.2) is 4.98 Å². The zero-order valence-electron chi connectivity index (χ0n) is 18.5. The van der Waals surface area contributed by atoms with Crippen LogP contribution >= 0.6 is 11.3 Å². The van der Waals surface area contributed by atoms with E-state index in [2.05, 4.69) is 34.3 Å². The number of aromatic amines is 1. The van der Waals surface area contributed by atoms with Crippen molar-refractivity contribution >= 4 is 33.4 Å². The van der Waals surface area contributed by atoms with Gasteiger partial charge in [-0.1, -0.05) is 43.5 Å². The summed E-state index contributed by atoms with van der Waals surface area (Å²) in [5.74, 6) is 0.664. The van der Waals surface area contributed by atoms with Crippen molar-refractivity contribution in [3.8, 4) is 11.1 Å². The molecule has 1 aliphatic carbocycles. The molecule has 1 saturated carbocycles. The molecule has 7 heteroatoms. The summed E-state index contributed by atoms with van der Waals surface area (Å²) in [5.41, 5.74) is 3.90. The number of aromatic nitrogens is 2. The Morgan fingerprint density at radius 1 is 1.12 bits per heavy atom. The van der Waals surface area contributed by atoms with Crippen molar-refractivity contribution in [1.82, 2.24) is 15.3 Å². The molecule has 168 valence electrons. The summed E-state index contributed by atoms with van der Waals surface area (Å²) < 4.78 is 0.649. The van der Waals surface area contributed by atoms with Gasteiger partial charge in [0.05, 0.1) is 11.4 Å². The topological polar surface area (TPSA) is 78.1 Å². The second-order valence-corrected chi connectivity index (χ2v) is 10.0. The number of aryl methyl sites for hydroxylation is 1. The molecule has 1 atom stereocenters. The van der Waals surface area contributed by atoms with Crippen molar-refractivity contribution in [3.63, 3.8) is 0 Å². The standard InChI is InChI=1S/C25H30N4O2S/c1-16-8-5-6-12-19(16)20-15-32-22-21(20)27-25(28-24(22)31)29-13-7-9-17(14-29)23(30)26-18-10-3-2-4-11-18/h5-6,8,12,15,17-18H,2-4,7,9-11,13-14H2,1H3,(H,26,30)(H,27,28,31)/t17-/m0/s1. The maximum atomic E-state index is 12.9. The number of carbonyl (C=O) groups is 1. The number of H-pyrrole nitrogens is 1. The van der Waals surface area contributed by atoms with Gasteiger partial charge in [0, 0.05) is 30.1 Å². The van der Waals surface area contributed by atoms with Crippen LogP contribution in [0.3, 0.4) is 0 Å². The number of rotatable bonds is 4. The van der Waals surface area contributed by atoms with Gasteiger partial charge in [0.15, 0.2) is 0 Å². The minimum absolute atomic E-state index is 0.0648. The van der Waals surface area contributed by atoms with E-state index in [9.17, 15) is 9.59 Å². The Hall–Kier alpha value is -2.67. The molecule has 2 N–H and O–H groups in total. The number of fused-ring (bicyclic) bond motifs is 1. The van der Waals surface area contributed by atoms with Crippen LogP contribution in [-0.4, -0.2) is 35.0 Å². The van der Waals surface area contributed by atoms with Crippen molar-refractivity contribution in [2.45, 2.75) is 57.9 Å². The summed E-state index contributed by atoms with van der Waals surface area (Å²) in [6, 6.07) is 8.51. The third-order valence-electron chi connectivity index (χ3n) is 6.89. The van der Waals surface area contributed by atoms with E-state index in [0.717, 1.165) is 54.4 Å². The Bertz CT molecular complexity index is 1180. The summed E-state index contributed by atoms with van der Waals surface area (Å²) in [6.07, 6.45) is 7.67. The molecule has 3 heterocycles. The summed E-state index contributed by atoms with van der Waals surface area (Å²) in [7, 11) is 0. The maximum Gasteiger partial charge on any atom is 0.270 e. The van der Waals surface area contributed by atoms with Crippen LogP contribution in [0.4, 0.5) is 5.95 Å². The smallest absolute Gasteiger partial charge is 0.270 e. The van der Waals surface area contributed by atoms with Crippen LogP contribution in [0.1, 0.15) is 50.5 Å². The fourth-order valence-electron chi connectivity index (χ4n) is 5.08. The third-order valence-corrected chi connectivity index (χ3v) is 7.86. The summed E-state index contributed by atoms with van der Waals surface area (Å²) in [5, 5.41) is 5.30. The van der Waals surface area contributed by atoms with Crippen LogP contribution in [0.5, 0.6) is 0 Å². The molecule has 2 aromatic heterocycles. The second-order valence-electron chi connectivity index (χ2n) is 9.16. The molecule has 6 nitrogen and oxygen atoms in total. The highest BCUT2D eigenvalue weighted by atomic mass is 32.1. The van der Waals surface area contributed by atoms with Crippen LogP contribution in [0, 0.1) is 12.8 Å². The molecule has 1 saturated heterocycles. The van der Waals surface area contributed by atoms with Gasteiger partial charge in [-0.3, -0.25) is 14.6 Å². The Kier molecular flexibility index (Phi) is 6.00. The first-order valence-corrected chi connectivity index (χ1v) is 12.6. The fraction of sp³-hybridized carbons (Fsp3) is 0.480. The first kappa shape index (κ1) is 21.2. The average Bonchev–Trinajstić information content (AvgIpc) is 3.24. The Labute approximate surface area is 192 Å². The number of nitrogens with one attached hydrogen (secondary N) is 2. The highest BCUT2D eigenvalue weighted by Gasteiger charge is 2.29. The summed E-state index contributed by atoms with van der Waals surface area (Å²) in [4.78, 5) is 35.7. The Morgan fingerprint density at radius 2 is 1.94 bits per heavy atom. The van der Waals surface area contributed by atoms with Gasteiger partial charge < -0.3 is 10.2 Å². The van der Waals surface area contributed by atoms with Crippen molar-refractivity contribution in [1.29, 1.82) is 0 Å². The molecule has 2 aliphatic rings. The van der Waals surface area contributed by atoms with E-state index in [1.807, 2.05) is 17.5 Å². The number of amides is 1. The number of hydrogen-bond donors (Lipinski definition) is 2. The van der Waals surface area contributed by atoms with E-state index in [-0.39, 0.29) is 17.4 Å². The zero-order chi connectivity index (χ0) is 22.1. The lowest BCUT2D eigenvalue weighted by Gasteiger charge is -2.33. The minimum atomic E-state index is -0.108. The molecule has 0 spiro atoms. The number of anilines is 1. The van der Waals surface area contributed by atoms with Gasteiger partial charge in [0.2, 0.25) is 11.9 Å². The number of nitrogens with zero attached hydrogens (tertiary/aromatic N) is 2. The van der Waals surface area contributed by atoms with Gasteiger partial charge in [-0.2, -0.15) is 0 Å². The molecule has 5 rings (SSSR count). The predicted octanol–water partition coefficient (Wildman–Crippen LogP) is 4.63. The normalized spacial score (nSPS) is 19.9.